The molecule has 0 aliphatic carbocycles. The number of aryl methyl sites for hydroxylation is 2. The maximum Gasteiger partial charge on any atom is 0.328 e. The number of carbonyl (C=O) groups is 2. The zero-order valence-corrected chi connectivity index (χ0v) is 27.8. The summed E-state index contributed by atoms with van der Waals surface area (Å²) in [4.78, 5) is 22.3. The summed E-state index contributed by atoms with van der Waals surface area (Å²) in [7, 11) is 2.73. The van der Waals surface area contributed by atoms with Crippen LogP contribution in [0.5, 0.6) is 0 Å². The lowest BCUT2D eigenvalue weighted by molar-refractivity contribution is -0.262. The maximum atomic E-state index is 12.1. The van der Waals surface area contributed by atoms with Crippen molar-refractivity contribution in [3.05, 3.63) is 82.9 Å². The van der Waals surface area contributed by atoms with E-state index in [9.17, 15) is 30.0 Å². The number of benzene rings is 2. The van der Waals surface area contributed by atoms with Crippen LogP contribution in [0.3, 0.4) is 0 Å². The lowest BCUT2D eigenvalue weighted by Crippen LogP contribution is -2.64. The number of carbonyl (C=O) groups excluding carboxylic acids is 1. The number of aliphatic carboxylic acids is 1. The number of hydrogen-bond acceptors (Lipinski definition) is 13. The lowest BCUT2D eigenvalue weighted by Gasteiger charge is -2.41. The number of aliphatic hydroxyl groups excluding tert-OH is 6. The first kappa shape index (κ1) is 41.6. The molecule has 1 amide bonds. The highest BCUT2D eigenvalue weighted by atomic mass is 16.7. The van der Waals surface area contributed by atoms with Gasteiger partial charge in [0.15, 0.2) is 12.6 Å². The fourth-order valence-corrected chi connectivity index (χ4v) is 4.85. The minimum Gasteiger partial charge on any atom is -0.478 e. The van der Waals surface area contributed by atoms with Gasteiger partial charge in [-0.2, -0.15) is 0 Å². The molecule has 15 heteroatoms. The number of amides is 1. The molecule has 2 aliphatic rings. The van der Waals surface area contributed by atoms with Crippen molar-refractivity contribution in [1.82, 2.24) is 5.32 Å². The summed E-state index contributed by atoms with van der Waals surface area (Å²) in [5.41, 5.74) is 9.49. The van der Waals surface area contributed by atoms with Crippen molar-refractivity contribution in [3.8, 4) is 0 Å². The van der Waals surface area contributed by atoms with Crippen LogP contribution in [0.1, 0.15) is 22.3 Å². The standard InChI is InChI=1S/C17H23NO6.C10H10O2.C7H15NO5/c1-10-4-3-5-11(8-10)6-7-13(20)18-14-16(22)15(21)12(9-19)24-17(14)23-2;1-8-3-2-4-9(7-8)5-6-10(11)12;1-12-7-4(8)6(11)5(10)3(2-9)13-7/h3-8,12,14-17,19,21-22H,9H2,1-2H3,(H,18,20);2-7H,1H3,(H,11,12);3-7,9-11H,2,8H2,1H3/b7-6+;6-5+;. The number of carboxylic acid groups (broad SMARTS) is 1. The molecule has 49 heavy (non-hydrogen) atoms. The van der Waals surface area contributed by atoms with Gasteiger partial charge < -0.3 is 65.7 Å². The molecule has 10 atom stereocenters. The van der Waals surface area contributed by atoms with Crippen molar-refractivity contribution >= 4 is 24.0 Å². The van der Waals surface area contributed by atoms with Crippen molar-refractivity contribution in [2.75, 3.05) is 27.4 Å². The van der Waals surface area contributed by atoms with E-state index >= 15 is 0 Å². The summed E-state index contributed by atoms with van der Waals surface area (Å²) in [6.45, 7) is 3.07. The minimum atomic E-state index is -1.33. The van der Waals surface area contributed by atoms with E-state index in [0.29, 0.717) is 0 Å². The molecule has 10 unspecified atom stereocenters. The Labute approximate surface area is 284 Å². The van der Waals surface area contributed by atoms with Gasteiger partial charge in [0.05, 0.1) is 19.3 Å². The zero-order chi connectivity index (χ0) is 36.7. The normalized spacial score (nSPS) is 29.8. The van der Waals surface area contributed by atoms with Crippen LogP contribution in [0.2, 0.25) is 0 Å². The van der Waals surface area contributed by atoms with Crippen LogP contribution < -0.4 is 11.1 Å². The van der Waals surface area contributed by atoms with Crippen LogP contribution in [0.4, 0.5) is 0 Å². The summed E-state index contributed by atoms with van der Waals surface area (Å²) in [6.07, 6.45) is -2.87. The number of carboxylic acids is 1. The molecule has 0 radical (unpaired) electrons. The van der Waals surface area contributed by atoms with E-state index in [0.717, 1.165) is 28.3 Å². The summed E-state index contributed by atoms with van der Waals surface area (Å²) in [6, 6.07) is 13.5. The third kappa shape index (κ3) is 13.0. The van der Waals surface area contributed by atoms with Crippen molar-refractivity contribution < 1.29 is 64.3 Å². The molecule has 0 bridgehead atoms. The van der Waals surface area contributed by atoms with Crippen LogP contribution in [-0.4, -0.2) is 136 Å². The molecular formula is C34H48N2O13. The van der Waals surface area contributed by atoms with Crippen LogP contribution in [0.25, 0.3) is 12.2 Å². The van der Waals surface area contributed by atoms with Gasteiger partial charge >= 0.3 is 5.97 Å². The molecule has 15 nitrogen and oxygen atoms in total. The Morgan fingerprint density at radius 3 is 1.69 bits per heavy atom. The predicted molar refractivity (Wildman–Crippen MR) is 178 cm³/mol. The zero-order valence-electron chi connectivity index (χ0n) is 27.8. The minimum absolute atomic E-state index is 0.384. The highest BCUT2D eigenvalue weighted by Crippen LogP contribution is 2.22. The molecule has 2 aliphatic heterocycles. The topological polar surface area (TPSA) is 251 Å². The number of methoxy groups -OCH3 is 2. The van der Waals surface area contributed by atoms with Gasteiger partial charge in [-0.1, -0.05) is 59.7 Å². The van der Waals surface area contributed by atoms with Crippen molar-refractivity contribution in [2.45, 2.75) is 75.1 Å². The average Bonchev–Trinajstić information content (AvgIpc) is 3.08. The van der Waals surface area contributed by atoms with Crippen molar-refractivity contribution in [1.29, 1.82) is 0 Å². The number of aliphatic hydroxyl groups is 6. The molecule has 2 aromatic carbocycles. The van der Waals surface area contributed by atoms with Crippen LogP contribution in [-0.2, 0) is 28.5 Å². The summed E-state index contributed by atoms with van der Waals surface area (Å²) in [5, 5.41) is 67.7. The monoisotopic (exact) mass is 692 g/mol. The highest BCUT2D eigenvalue weighted by Gasteiger charge is 2.45. The molecule has 0 saturated carbocycles. The van der Waals surface area contributed by atoms with Crippen LogP contribution >= 0.6 is 0 Å². The number of ether oxygens (including phenoxy) is 4. The molecule has 10 N–H and O–H groups in total. The Bertz CT molecular complexity index is 1350. The van der Waals surface area contributed by atoms with E-state index in [1.807, 2.05) is 62.4 Å². The van der Waals surface area contributed by atoms with E-state index in [4.69, 9.17) is 40.0 Å². The van der Waals surface area contributed by atoms with Crippen molar-refractivity contribution in [3.63, 3.8) is 0 Å². The Kier molecular flexibility index (Phi) is 17.7. The molecule has 272 valence electrons. The quantitative estimate of drug-likeness (QED) is 0.144. The van der Waals surface area contributed by atoms with Gasteiger partial charge in [0.2, 0.25) is 5.91 Å². The first-order valence-corrected chi connectivity index (χ1v) is 15.3. The van der Waals surface area contributed by atoms with Gasteiger partial charge in [-0.3, -0.25) is 4.79 Å². The summed E-state index contributed by atoms with van der Waals surface area (Å²) in [5.74, 6) is -1.38. The SMILES string of the molecule is COC1OC(CO)C(O)C(O)C1N.COC1OC(CO)C(O)C(O)C1NC(=O)/C=C/c1cccc(C)c1.Cc1cccc(/C=C/C(=O)O)c1. The van der Waals surface area contributed by atoms with E-state index < -0.39 is 79.8 Å². The summed E-state index contributed by atoms with van der Waals surface area (Å²) >= 11 is 0. The molecule has 2 saturated heterocycles. The van der Waals surface area contributed by atoms with Gasteiger partial charge in [-0.25, -0.2) is 4.79 Å². The smallest absolute Gasteiger partial charge is 0.328 e. The largest absolute Gasteiger partial charge is 0.478 e. The predicted octanol–water partition coefficient (Wildman–Crippen LogP) is -0.930. The molecule has 4 rings (SSSR count). The Morgan fingerprint density at radius 2 is 1.24 bits per heavy atom. The van der Waals surface area contributed by atoms with E-state index in [-0.39, 0.29) is 6.61 Å². The molecular weight excluding hydrogens is 644 g/mol. The van der Waals surface area contributed by atoms with E-state index in [1.165, 1.54) is 20.3 Å². The molecule has 2 fully saturated rings. The van der Waals surface area contributed by atoms with Gasteiger partial charge in [0.25, 0.3) is 0 Å². The average molecular weight is 693 g/mol. The maximum absolute atomic E-state index is 12.1. The van der Waals surface area contributed by atoms with Gasteiger partial charge in [-0.15, -0.1) is 0 Å². The summed E-state index contributed by atoms with van der Waals surface area (Å²) < 4.78 is 20.3. The highest BCUT2D eigenvalue weighted by molar-refractivity contribution is 5.92. The number of hydrogen-bond donors (Lipinski definition) is 9. The van der Waals surface area contributed by atoms with Gasteiger partial charge in [0, 0.05) is 26.4 Å². The third-order valence-electron chi connectivity index (χ3n) is 7.51. The van der Waals surface area contributed by atoms with E-state index in [1.54, 1.807) is 12.2 Å². The first-order chi connectivity index (χ1) is 23.3. The molecule has 0 spiro atoms. The molecule has 0 aromatic heterocycles. The molecule has 2 heterocycles. The van der Waals surface area contributed by atoms with E-state index in [2.05, 4.69) is 5.32 Å². The fourth-order valence-electron chi connectivity index (χ4n) is 4.85. The van der Waals surface area contributed by atoms with Gasteiger partial charge in [-0.05, 0) is 37.1 Å². The van der Waals surface area contributed by atoms with Crippen LogP contribution in [0.15, 0.2) is 60.7 Å². The third-order valence-corrected chi connectivity index (χ3v) is 7.51. The second-order valence-electron chi connectivity index (χ2n) is 11.3. The second kappa shape index (κ2) is 20.8. The Balaban J connectivity index is 0.000000281. The Hall–Kier alpha value is -3.58. The first-order valence-electron chi connectivity index (χ1n) is 15.3. The molecule has 2 aromatic rings. The lowest BCUT2D eigenvalue weighted by atomic mass is 9.97. The van der Waals surface area contributed by atoms with Crippen molar-refractivity contribution in [2.24, 2.45) is 5.73 Å². The van der Waals surface area contributed by atoms with Gasteiger partial charge in [0.1, 0.15) is 42.7 Å². The number of rotatable bonds is 9. The second-order valence-corrected chi connectivity index (χ2v) is 11.3. The van der Waals surface area contributed by atoms with Crippen LogP contribution in [0, 0.1) is 13.8 Å². The Morgan fingerprint density at radius 1 is 0.776 bits per heavy atom. The number of nitrogens with two attached hydrogens (primary N) is 1. The fraction of sp³-hybridized carbons (Fsp3) is 0.471. The number of nitrogens with one attached hydrogen (secondary N) is 1.